The molecule has 1 amide bonds. The van der Waals surface area contributed by atoms with Crippen molar-refractivity contribution >= 4 is 5.91 Å². The van der Waals surface area contributed by atoms with Crippen LogP contribution in [0.1, 0.15) is 52.5 Å². The number of hydrogen-bond acceptors (Lipinski definition) is 7. The first kappa shape index (κ1) is 30.4. The van der Waals surface area contributed by atoms with Crippen LogP contribution in [-0.2, 0) is 16.0 Å². The van der Waals surface area contributed by atoms with E-state index in [2.05, 4.69) is 30.5 Å². The Morgan fingerprint density at radius 3 is 2.39 bits per heavy atom. The van der Waals surface area contributed by atoms with E-state index in [9.17, 15) is 9.90 Å². The largest absolute Gasteiger partial charge is 0.493 e. The lowest BCUT2D eigenvalue weighted by molar-refractivity contribution is -0.128. The predicted molar refractivity (Wildman–Crippen MR) is 143 cm³/mol. The predicted octanol–water partition coefficient (Wildman–Crippen LogP) is 2.75. The van der Waals surface area contributed by atoms with Crippen LogP contribution >= 0.6 is 0 Å². The molecule has 1 heterocycles. The molecular weight excluding hydrogens is 458 g/mol. The zero-order chi connectivity index (χ0) is 26.7. The molecule has 1 fully saturated rings. The van der Waals surface area contributed by atoms with Crippen molar-refractivity contribution in [3.05, 3.63) is 23.8 Å². The molecule has 5 N–H and O–H groups in total. The van der Waals surface area contributed by atoms with Crippen LogP contribution in [0.5, 0.6) is 11.5 Å². The van der Waals surface area contributed by atoms with Crippen LogP contribution in [0, 0.1) is 23.7 Å². The summed E-state index contributed by atoms with van der Waals surface area (Å²) in [5.74, 6) is 1.97. The monoisotopic (exact) mass is 507 g/mol. The number of ether oxygens (including phenoxy) is 3. The van der Waals surface area contributed by atoms with E-state index in [1.807, 2.05) is 26.0 Å². The number of hydrogen-bond donors (Lipinski definition) is 4. The van der Waals surface area contributed by atoms with E-state index in [4.69, 9.17) is 19.9 Å². The van der Waals surface area contributed by atoms with Gasteiger partial charge in [-0.2, -0.15) is 0 Å². The molecule has 8 heteroatoms. The third-order valence-corrected chi connectivity index (χ3v) is 7.25. The van der Waals surface area contributed by atoms with Crippen molar-refractivity contribution in [2.45, 2.75) is 71.6 Å². The van der Waals surface area contributed by atoms with Gasteiger partial charge in [-0.25, -0.2) is 0 Å². The van der Waals surface area contributed by atoms with Gasteiger partial charge in [0, 0.05) is 45.2 Å². The summed E-state index contributed by atoms with van der Waals surface area (Å²) in [4.78, 5) is 12.8. The van der Waals surface area contributed by atoms with Gasteiger partial charge in [0.05, 0.1) is 25.9 Å². The number of nitrogens with one attached hydrogen (secondary N) is 2. The van der Waals surface area contributed by atoms with Crippen LogP contribution < -0.4 is 25.8 Å². The van der Waals surface area contributed by atoms with E-state index >= 15 is 0 Å². The first-order chi connectivity index (χ1) is 17.2. The second kappa shape index (κ2) is 15.4. The normalized spacial score (nSPS) is 17.4. The number of aliphatic hydroxyl groups is 1. The maximum Gasteiger partial charge on any atom is 0.223 e. The molecule has 1 aromatic carbocycles. The fraction of sp³-hybridized carbons (Fsp3) is 0.750. The van der Waals surface area contributed by atoms with Crippen molar-refractivity contribution < 1.29 is 24.1 Å². The Morgan fingerprint density at radius 2 is 1.83 bits per heavy atom. The summed E-state index contributed by atoms with van der Waals surface area (Å²) in [6.45, 7) is 11.2. The van der Waals surface area contributed by atoms with Gasteiger partial charge in [0.15, 0.2) is 11.5 Å². The van der Waals surface area contributed by atoms with Gasteiger partial charge in [0.2, 0.25) is 5.91 Å². The summed E-state index contributed by atoms with van der Waals surface area (Å²) in [5, 5.41) is 17.2. The van der Waals surface area contributed by atoms with Gasteiger partial charge in [-0.3, -0.25) is 4.79 Å². The number of nitrogens with two attached hydrogens (primary N) is 1. The Morgan fingerprint density at radius 1 is 1.11 bits per heavy atom. The Bertz CT molecular complexity index is 784. The van der Waals surface area contributed by atoms with Gasteiger partial charge in [-0.05, 0) is 54.7 Å². The molecule has 1 aliphatic heterocycles. The second-order valence-electron chi connectivity index (χ2n) is 10.8. The topological polar surface area (TPSA) is 115 Å². The average Bonchev–Trinajstić information content (AvgIpc) is 2.81. The lowest BCUT2D eigenvalue weighted by Gasteiger charge is -2.33. The number of carbonyl (C=O) groups is 1. The van der Waals surface area contributed by atoms with Gasteiger partial charge in [-0.1, -0.05) is 33.8 Å². The Kier molecular flexibility index (Phi) is 13.0. The van der Waals surface area contributed by atoms with E-state index in [0.29, 0.717) is 37.7 Å². The SMILES string of the molecule is COCCCOc1cc(CC(CC(N)C(O)CC(C(=O)NC2CNC2)C(C)C)C(C)C)ccc1OC. The molecule has 206 valence electrons. The van der Waals surface area contributed by atoms with Crippen LogP contribution in [0.15, 0.2) is 18.2 Å². The molecule has 1 aliphatic rings. The molecule has 36 heavy (non-hydrogen) atoms. The highest BCUT2D eigenvalue weighted by Crippen LogP contribution is 2.31. The summed E-state index contributed by atoms with van der Waals surface area (Å²) < 4.78 is 16.5. The third-order valence-electron chi connectivity index (χ3n) is 7.25. The van der Waals surface area contributed by atoms with Crippen LogP contribution in [0.25, 0.3) is 0 Å². The highest BCUT2D eigenvalue weighted by Gasteiger charge is 2.31. The minimum Gasteiger partial charge on any atom is -0.493 e. The summed E-state index contributed by atoms with van der Waals surface area (Å²) >= 11 is 0. The zero-order valence-electron chi connectivity index (χ0n) is 23.1. The van der Waals surface area contributed by atoms with Crippen molar-refractivity contribution in [3.63, 3.8) is 0 Å². The minimum absolute atomic E-state index is 0.0134. The molecule has 4 atom stereocenters. The van der Waals surface area contributed by atoms with Gasteiger partial charge in [-0.15, -0.1) is 0 Å². The molecule has 4 unspecified atom stereocenters. The van der Waals surface area contributed by atoms with E-state index < -0.39 is 12.1 Å². The number of carbonyl (C=O) groups excluding carboxylic acids is 1. The Hall–Kier alpha value is -1.87. The van der Waals surface area contributed by atoms with Gasteiger partial charge in [0.25, 0.3) is 0 Å². The first-order valence-corrected chi connectivity index (χ1v) is 13.4. The highest BCUT2D eigenvalue weighted by molar-refractivity contribution is 5.79. The maximum atomic E-state index is 12.8. The molecule has 0 aliphatic carbocycles. The van der Waals surface area contributed by atoms with Crippen molar-refractivity contribution in [2.75, 3.05) is 40.5 Å². The van der Waals surface area contributed by atoms with E-state index in [0.717, 1.165) is 37.2 Å². The van der Waals surface area contributed by atoms with Gasteiger partial charge < -0.3 is 35.7 Å². The average molecular weight is 508 g/mol. The molecule has 8 nitrogen and oxygen atoms in total. The van der Waals surface area contributed by atoms with E-state index in [-0.39, 0.29) is 29.7 Å². The Labute approximate surface area is 217 Å². The van der Waals surface area contributed by atoms with Crippen molar-refractivity contribution in [3.8, 4) is 11.5 Å². The summed E-state index contributed by atoms with van der Waals surface area (Å²) in [6.07, 6.45) is 1.93. The van der Waals surface area contributed by atoms with Gasteiger partial charge >= 0.3 is 0 Å². The lowest BCUT2D eigenvalue weighted by atomic mass is 9.80. The summed E-state index contributed by atoms with van der Waals surface area (Å²) in [6, 6.07) is 5.83. The standard InChI is InChI=1S/C28H49N3O5/c1-18(2)21(12-20-8-9-26(35-6)27(13-20)36-11-7-10-34-5)14-24(29)25(32)15-23(19(3)4)28(33)31-22-16-30-17-22/h8-9,13,18-19,21-25,30,32H,7,10-12,14-17,29H2,1-6H3,(H,31,33). The van der Waals surface area contributed by atoms with Crippen LogP contribution in [0.2, 0.25) is 0 Å². The maximum absolute atomic E-state index is 12.8. The fourth-order valence-electron chi connectivity index (χ4n) is 4.56. The smallest absolute Gasteiger partial charge is 0.223 e. The van der Waals surface area contributed by atoms with Crippen molar-refractivity contribution in [2.24, 2.45) is 29.4 Å². The van der Waals surface area contributed by atoms with Crippen molar-refractivity contribution in [1.82, 2.24) is 10.6 Å². The lowest BCUT2D eigenvalue weighted by Crippen LogP contribution is -2.58. The van der Waals surface area contributed by atoms with Crippen molar-refractivity contribution in [1.29, 1.82) is 0 Å². The third kappa shape index (κ3) is 9.54. The number of methoxy groups -OCH3 is 2. The molecule has 1 saturated heterocycles. The van der Waals surface area contributed by atoms with Gasteiger partial charge in [0.1, 0.15) is 0 Å². The fourth-order valence-corrected chi connectivity index (χ4v) is 4.56. The van der Waals surface area contributed by atoms with E-state index in [1.165, 1.54) is 0 Å². The molecule has 1 aromatic rings. The summed E-state index contributed by atoms with van der Waals surface area (Å²) in [7, 11) is 3.32. The Balaban J connectivity index is 2.00. The molecule has 0 radical (unpaired) electrons. The van der Waals surface area contributed by atoms with Crippen LogP contribution in [0.3, 0.4) is 0 Å². The quantitative estimate of drug-likeness (QED) is 0.240. The number of rotatable bonds is 17. The van der Waals surface area contributed by atoms with Crippen LogP contribution in [-0.4, -0.2) is 69.7 Å². The summed E-state index contributed by atoms with van der Waals surface area (Å²) in [5.41, 5.74) is 7.66. The molecule has 0 spiro atoms. The zero-order valence-corrected chi connectivity index (χ0v) is 23.1. The second-order valence-corrected chi connectivity index (χ2v) is 10.8. The number of amides is 1. The first-order valence-electron chi connectivity index (χ1n) is 13.4. The number of aliphatic hydroxyl groups excluding tert-OH is 1. The van der Waals surface area contributed by atoms with E-state index in [1.54, 1.807) is 14.2 Å². The highest BCUT2D eigenvalue weighted by atomic mass is 16.5. The molecule has 0 saturated carbocycles. The molecule has 0 bridgehead atoms. The molecule has 0 aromatic heterocycles. The minimum atomic E-state index is -0.737. The number of benzene rings is 1. The molecule has 2 rings (SSSR count). The molecular formula is C28H49N3O5. The van der Waals surface area contributed by atoms with Crippen LogP contribution in [0.4, 0.5) is 0 Å².